The highest BCUT2D eigenvalue weighted by Crippen LogP contribution is 2.26. The van der Waals surface area contributed by atoms with E-state index in [2.05, 4.69) is 55.4 Å². The lowest BCUT2D eigenvalue weighted by atomic mass is 10.2. The van der Waals surface area contributed by atoms with Crippen LogP contribution in [0.15, 0.2) is 57.9 Å². The normalized spacial score (nSPS) is 14.3. The number of hydrogen-bond donors (Lipinski definition) is 0. The number of amides is 1. The first-order valence-corrected chi connectivity index (χ1v) is 11.1. The Bertz CT molecular complexity index is 988. The standard InChI is InChI=1S/C20H21BrN6OS/c1-15-13-16(21)7-8-18(15)29-14-19(28)25-9-11-26(12-10-25)20-22-23-24-27(20)17-5-3-2-4-6-17/h2-8,13H,9-12,14H2,1H3. The summed E-state index contributed by atoms with van der Waals surface area (Å²) in [6, 6.07) is 16.0. The van der Waals surface area contributed by atoms with Gasteiger partial charge in [-0.15, -0.1) is 11.8 Å². The molecule has 0 saturated carbocycles. The number of rotatable bonds is 5. The second-order valence-corrected chi connectivity index (χ2v) is 8.73. The summed E-state index contributed by atoms with van der Waals surface area (Å²) >= 11 is 5.07. The molecule has 1 aliphatic rings. The fourth-order valence-electron chi connectivity index (χ4n) is 3.28. The van der Waals surface area contributed by atoms with Crippen molar-refractivity contribution >= 4 is 39.5 Å². The quantitative estimate of drug-likeness (QED) is 0.531. The molecule has 0 aliphatic carbocycles. The first-order chi connectivity index (χ1) is 14.1. The largest absolute Gasteiger partial charge is 0.338 e. The summed E-state index contributed by atoms with van der Waals surface area (Å²) in [5.74, 6) is 1.33. The van der Waals surface area contributed by atoms with Crippen LogP contribution in [0.4, 0.5) is 5.95 Å². The van der Waals surface area contributed by atoms with Crippen LogP contribution in [-0.4, -0.2) is 62.9 Å². The number of halogens is 1. The number of hydrogen-bond acceptors (Lipinski definition) is 6. The van der Waals surface area contributed by atoms with Crippen LogP contribution in [0.25, 0.3) is 5.69 Å². The highest BCUT2D eigenvalue weighted by molar-refractivity contribution is 9.10. The van der Waals surface area contributed by atoms with Gasteiger partial charge in [0.1, 0.15) is 0 Å². The van der Waals surface area contributed by atoms with E-state index in [9.17, 15) is 4.79 Å². The molecule has 1 aliphatic heterocycles. The second kappa shape index (κ2) is 8.96. The first kappa shape index (κ1) is 19.9. The Morgan fingerprint density at radius 2 is 1.86 bits per heavy atom. The molecule has 29 heavy (non-hydrogen) atoms. The molecule has 2 aromatic carbocycles. The van der Waals surface area contributed by atoms with Crippen molar-refractivity contribution in [2.45, 2.75) is 11.8 Å². The number of anilines is 1. The maximum absolute atomic E-state index is 12.7. The van der Waals surface area contributed by atoms with Crippen molar-refractivity contribution in [1.29, 1.82) is 0 Å². The van der Waals surface area contributed by atoms with Gasteiger partial charge in [-0.25, -0.2) is 0 Å². The third-order valence-electron chi connectivity index (χ3n) is 4.86. The van der Waals surface area contributed by atoms with Gasteiger partial charge in [0.15, 0.2) is 0 Å². The Hall–Kier alpha value is -2.39. The fourth-order valence-corrected chi connectivity index (χ4v) is 4.67. The number of benzene rings is 2. The maximum atomic E-state index is 12.7. The third kappa shape index (κ3) is 4.62. The Labute approximate surface area is 182 Å². The van der Waals surface area contributed by atoms with Crippen molar-refractivity contribution in [1.82, 2.24) is 25.1 Å². The highest BCUT2D eigenvalue weighted by atomic mass is 79.9. The predicted octanol–water partition coefficient (Wildman–Crippen LogP) is 3.17. The zero-order valence-electron chi connectivity index (χ0n) is 16.0. The van der Waals surface area contributed by atoms with Crippen molar-refractivity contribution in [3.63, 3.8) is 0 Å². The summed E-state index contributed by atoms with van der Waals surface area (Å²) in [6.07, 6.45) is 0. The molecule has 0 N–H and O–H groups in total. The summed E-state index contributed by atoms with van der Waals surface area (Å²) in [5, 5.41) is 12.2. The van der Waals surface area contributed by atoms with Gasteiger partial charge in [-0.3, -0.25) is 4.79 Å². The van der Waals surface area contributed by atoms with Crippen LogP contribution in [0.5, 0.6) is 0 Å². The molecule has 4 rings (SSSR count). The molecule has 1 fully saturated rings. The van der Waals surface area contributed by atoms with Crippen molar-refractivity contribution in [2.75, 3.05) is 36.8 Å². The summed E-state index contributed by atoms with van der Waals surface area (Å²) < 4.78 is 2.79. The summed E-state index contributed by atoms with van der Waals surface area (Å²) in [6.45, 7) is 4.82. The van der Waals surface area contributed by atoms with Crippen LogP contribution in [-0.2, 0) is 4.79 Å². The molecule has 3 aromatic rings. The van der Waals surface area contributed by atoms with Crippen LogP contribution in [0, 0.1) is 6.92 Å². The topological polar surface area (TPSA) is 67.2 Å². The minimum atomic E-state index is 0.166. The van der Waals surface area contributed by atoms with E-state index >= 15 is 0 Å². The number of piperazine rings is 1. The monoisotopic (exact) mass is 472 g/mol. The minimum Gasteiger partial charge on any atom is -0.338 e. The number of thioether (sulfide) groups is 1. The van der Waals surface area contributed by atoms with Crippen molar-refractivity contribution < 1.29 is 4.79 Å². The average molecular weight is 473 g/mol. The minimum absolute atomic E-state index is 0.166. The average Bonchev–Trinajstić information content (AvgIpc) is 3.23. The third-order valence-corrected chi connectivity index (χ3v) is 6.51. The lowest BCUT2D eigenvalue weighted by Gasteiger charge is -2.34. The lowest BCUT2D eigenvalue weighted by molar-refractivity contribution is -0.128. The van der Waals surface area contributed by atoms with Crippen LogP contribution in [0.3, 0.4) is 0 Å². The Morgan fingerprint density at radius 1 is 1.10 bits per heavy atom. The van der Waals surface area contributed by atoms with E-state index in [0.29, 0.717) is 37.9 Å². The van der Waals surface area contributed by atoms with Gasteiger partial charge in [-0.1, -0.05) is 39.2 Å². The highest BCUT2D eigenvalue weighted by Gasteiger charge is 2.25. The van der Waals surface area contributed by atoms with E-state index in [0.717, 1.165) is 15.1 Å². The lowest BCUT2D eigenvalue weighted by Crippen LogP contribution is -2.50. The number of aromatic nitrogens is 4. The zero-order valence-corrected chi connectivity index (χ0v) is 18.4. The molecule has 7 nitrogen and oxygen atoms in total. The van der Waals surface area contributed by atoms with Crippen LogP contribution in [0.2, 0.25) is 0 Å². The van der Waals surface area contributed by atoms with Gasteiger partial charge >= 0.3 is 0 Å². The van der Waals surface area contributed by atoms with E-state index < -0.39 is 0 Å². The van der Waals surface area contributed by atoms with Gasteiger partial charge in [0.2, 0.25) is 11.9 Å². The first-order valence-electron chi connectivity index (χ1n) is 9.37. The summed E-state index contributed by atoms with van der Waals surface area (Å²) in [5.41, 5.74) is 2.10. The predicted molar refractivity (Wildman–Crippen MR) is 118 cm³/mol. The molecular weight excluding hydrogens is 452 g/mol. The number of tetrazole rings is 1. The molecule has 0 atom stereocenters. The number of aryl methyl sites for hydroxylation is 1. The van der Waals surface area contributed by atoms with Gasteiger partial charge < -0.3 is 9.80 Å². The smallest absolute Gasteiger partial charge is 0.250 e. The van der Waals surface area contributed by atoms with Gasteiger partial charge in [-0.2, -0.15) is 4.68 Å². The second-order valence-electron chi connectivity index (χ2n) is 6.79. The number of para-hydroxylation sites is 1. The van der Waals surface area contributed by atoms with Gasteiger partial charge in [0, 0.05) is 35.5 Å². The summed E-state index contributed by atoms with van der Waals surface area (Å²) in [4.78, 5) is 17.9. The van der Waals surface area contributed by atoms with E-state index in [1.54, 1.807) is 16.4 Å². The van der Waals surface area contributed by atoms with E-state index in [-0.39, 0.29) is 5.91 Å². The van der Waals surface area contributed by atoms with Crippen molar-refractivity contribution in [2.24, 2.45) is 0 Å². The Kier molecular flexibility index (Phi) is 6.15. The zero-order chi connectivity index (χ0) is 20.2. The van der Waals surface area contributed by atoms with Gasteiger partial charge in [0.25, 0.3) is 0 Å². The van der Waals surface area contributed by atoms with Crippen molar-refractivity contribution in [3.05, 3.63) is 58.6 Å². The fraction of sp³-hybridized carbons (Fsp3) is 0.300. The number of carbonyl (C=O) groups is 1. The van der Waals surface area contributed by atoms with Crippen LogP contribution < -0.4 is 4.90 Å². The van der Waals surface area contributed by atoms with Crippen LogP contribution >= 0.6 is 27.7 Å². The molecule has 0 bridgehead atoms. The van der Waals surface area contributed by atoms with Gasteiger partial charge in [-0.05, 0) is 53.2 Å². The summed E-state index contributed by atoms with van der Waals surface area (Å²) in [7, 11) is 0. The molecular formula is C20H21BrN6OS. The Morgan fingerprint density at radius 3 is 2.59 bits per heavy atom. The maximum Gasteiger partial charge on any atom is 0.250 e. The molecule has 1 aromatic heterocycles. The molecule has 2 heterocycles. The van der Waals surface area contributed by atoms with E-state index in [4.69, 9.17) is 0 Å². The molecule has 9 heteroatoms. The Balaban J connectivity index is 1.34. The molecule has 1 amide bonds. The molecule has 0 radical (unpaired) electrons. The molecule has 150 valence electrons. The SMILES string of the molecule is Cc1cc(Br)ccc1SCC(=O)N1CCN(c2nnnn2-c2ccccc2)CC1. The molecule has 0 spiro atoms. The number of carbonyl (C=O) groups excluding carboxylic acids is 1. The van der Waals surface area contributed by atoms with Gasteiger partial charge in [0.05, 0.1) is 11.4 Å². The van der Waals surface area contributed by atoms with E-state index in [1.807, 2.05) is 41.3 Å². The van der Waals surface area contributed by atoms with Crippen molar-refractivity contribution in [3.8, 4) is 5.69 Å². The van der Waals surface area contributed by atoms with Crippen LogP contribution in [0.1, 0.15) is 5.56 Å². The molecule has 1 saturated heterocycles. The van der Waals surface area contributed by atoms with E-state index in [1.165, 1.54) is 5.56 Å². The molecule has 0 unspecified atom stereocenters. The number of nitrogens with zero attached hydrogens (tertiary/aromatic N) is 6.